The molecule has 3 rings (SSSR count). The first-order valence-electron chi connectivity index (χ1n) is 6.79. The number of aryl methyl sites for hydroxylation is 1. The summed E-state index contributed by atoms with van der Waals surface area (Å²) in [6, 6.07) is 2.13. The number of thiophene rings is 1. The van der Waals surface area contributed by atoms with E-state index >= 15 is 0 Å². The van der Waals surface area contributed by atoms with Crippen molar-refractivity contribution in [3.8, 4) is 0 Å². The van der Waals surface area contributed by atoms with Crippen LogP contribution in [0.15, 0.2) is 11.4 Å². The zero-order chi connectivity index (χ0) is 12.5. The lowest BCUT2D eigenvalue weighted by Gasteiger charge is -2.33. The van der Waals surface area contributed by atoms with Crippen LogP contribution in [0.4, 0.5) is 0 Å². The highest BCUT2D eigenvalue weighted by molar-refractivity contribution is 7.10. The van der Waals surface area contributed by atoms with Gasteiger partial charge in [-0.1, -0.05) is 0 Å². The van der Waals surface area contributed by atoms with Crippen molar-refractivity contribution in [2.45, 2.75) is 44.1 Å². The number of hydrogen-bond acceptors (Lipinski definition) is 3. The minimum atomic E-state index is -0.211. The third-order valence-corrected chi connectivity index (χ3v) is 5.12. The molecule has 98 valence electrons. The first-order valence-corrected chi connectivity index (χ1v) is 7.67. The van der Waals surface area contributed by atoms with Crippen LogP contribution in [0.5, 0.6) is 0 Å². The van der Waals surface area contributed by atoms with Crippen LogP contribution in [-0.4, -0.2) is 35.1 Å². The van der Waals surface area contributed by atoms with Crippen LogP contribution in [0, 0.1) is 0 Å². The summed E-state index contributed by atoms with van der Waals surface area (Å²) >= 11 is 1.78. The molecule has 3 nitrogen and oxygen atoms in total. The van der Waals surface area contributed by atoms with Gasteiger partial charge in [0, 0.05) is 18.0 Å². The minimum absolute atomic E-state index is 0.0789. The maximum atomic E-state index is 12.6. The largest absolute Gasteiger partial charge is 0.393 e. The molecule has 1 amide bonds. The molecule has 0 saturated carbocycles. The summed E-state index contributed by atoms with van der Waals surface area (Å²) in [5, 5.41) is 11.6. The Morgan fingerprint density at radius 1 is 1.33 bits per heavy atom. The van der Waals surface area contributed by atoms with Gasteiger partial charge < -0.3 is 10.0 Å². The lowest BCUT2D eigenvalue weighted by molar-refractivity contribution is -0.135. The average Bonchev–Trinajstić information content (AvgIpc) is 2.87. The molecule has 0 spiro atoms. The van der Waals surface area contributed by atoms with Gasteiger partial charge in [-0.05, 0) is 49.1 Å². The number of hydrogen-bond donors (Lipinski definition) is 1. The van der Waals surface area contributed by atoms with E-state index in [0.29, 0.717) is 0 Å². The van der Waals surface area contributed by atoms with Gasteiger partial charge in [-0.2, -0.15) is 0 Å². The summed E-state index contributed by atoms with van der Waals surface area (Å²) in [6.07, 6.45) is 4.50. The Morgan fingerprint density at radius 2 is 2.11 bits per heavy atom. The molecule has 0 radical (unpaired) electrons. The summed E-state index contributed by atoms with van der Waals surface area (Å²) in [7, 11) is 0. The van der Waals surface area contributed by atoms with Crippen molar-refractivity contribution in [2.75, 3.05) is 13.1 Å². The van der Waals surface area contributed by atoms with E-state index in [0.717, 1.165) is 45.2 Å². The number of piperidine rings is 1. The summed E-state index contributed by atoms with van der Waals surface area (Å²) in [5.74, 6) is 0.358. The van der Waals surface area contributed by atoms with E-state index in [1.807, 2.05) is 4.90 Å². The topological polar surface area (TPSA) is 40.5 Å². The third kappa shape index (κ3) is 2.19. The molecule has 2 aliphatic rings. The number of fused-ring (bicyclic) bond motifs is 1. The number of aliphatic hydroxyl groups is 1. The fraction of sp³-hybridized carbons (Fsp3) is 0.643. The molecule has 1 unspecified atom stereocenters. The van der Waals surface area contributed by atoms with Crippen LogP contribution in [0.1, 0.15) is 42.0 Å². The van der Waals surface area contributed by atoms with Crippen LogP contribution >= 0.6 is 11.3 Å². The van der Waals surface area contributed by atoms with Crippen molar-refractivity contribution in [3.05, 3.63) is 21.9 Å². The Balaban J connectivity index is 1.74. The molecule has 1 aliphatic carbocycles. The van der Waals surface area contributed by atoms with Gasteiger partial charge in [-0.3, -0.25) is 4.79 Å². The van der Waals surface area contributed by atoms with Crippen LogP contribution in [0.25, 0.3) is 0 Å². The Hall–Kier alpha value is -0.870. The van der Waals surface area contributed by atoms with Gasteiger partial charge >= 0.3 is 0 Å². The number of carbonyl (C=O) groups excluding carboxylic acids is 1. The fourth-order valence-corrected chi connectivity index (χ4v) is 4.04. The Kier molecular flexibility index (Phi) is 3.39. The Labute approximate surface area is 111 Å². The third-order valence-electron chi connectivity index (χ3n) is 4.13. The molecular weight excluding hydrogens is 246 g/mol. The van der Waals surface area contributed by atoms with Gasteiger partial charge in [0.25, 0.3) is 0 Å². The van der Waals surface area contributed by atoms with E-state index in [9.17, 15) is 9.90 Å². The van der Waals surface area contributed by atoms with E-state index in [1.165, 1.54) is 10.4 Å². The van der Waals surface area contributed by atoms with Gasteiger partial charge in [-0.25, -0.2) is 0 Å². The molecule has 4 heteroatoms. The summed E-state index contributed by atoms with van der Waals surface area (Å²) in [5.41, 5.74) is 1.27. The number of amides is 1. The van der Waals surface area contributed by atoms with Gasteiger partial charge in [0.1, 0.15) is 0 Å². The molecule has 0 aromatic carbocycles. The second kappa shape index (κ2) is 5.02. The zero-order valence-corrected chi connectivity index (χ0v) is 11.3. The number of carbonyl (C=O) groups is 1. The maximum absolute atomic E-state index is 12.6. The van der Waals surface area contributed by atoms with Crippen molar-refractivity contribution < 1.29 is 9.90 Å². The van der Waals surface area contributed by atoms with E-state index in [1.54, 1.807) is 11.3 Å². The van der Waals surface area contributed by atoms with Gasteiger partial charge in [0.15, 0.2) is 0 Å². The van der Waals surface area contributed by atoms with Crippen molar-refractivity contribution >= 4 is 17.2 Å². The van der Waals surface area contributed by atoms with Crippen LogP contribution in [0.3, 0.4) is 0 Å². The predicted molar refractivity (Wildman–Crippen MR) is 71.8 cm³/mol. The van der Waals surface area contributed by atoms with Crippen LogP contribution in [-0.2, 0) is 11.2 Å². The molecule has 1 atom stereocenters. The zero-order valence-electron chi connectivity index (χ0n) is 10.5. The molecule has 1 aromatic heterocycles. The highest BCUT2D eigenvalue weighted by Crippen LogP contribution is 2.36. The minimum Gasteiger partial charge on any atom is -0.393 e. The van der Waals surface area contributed by atoms with E-state index in [4.69, 9.17) is 0 Å². The second-order valence-corrected chi connectivity index (χ2v) is 6.30. The second-order valence-electron chi connectivity index (χ2n) is 5.30. The number of likely N-dealkylation sites (tertiary alicyclic amines) is 1. The molecule has 18 heavy (non-hydrogen) atoms. The smallest absolute Gasteiger partial charge is 0.230 e. The fourth-order valence-electron chi connectivity index (χ4n) is 3.05. The number of nitrogens with zero attached hydrogens (tertiary/aromatic N) is 1. The average molecular weight is 265 g/mol. The SMILES string of the molecule is O=C(C1CCCc2sccc21)N1CCC(O)CC1. The molecular formula is C14H19NO2S. The summed E-state index contributed by atoms with van der Waals surface area (Å²) < 4.78 is 0. The van der Waals surface area contributed by atoms with Crippen molar-refractivity contribution in [1.82, 2.24) is 4.90 Å². The van der Waals surface area contributed by atoms with Crippen molar-refractivity contribution in [2.24, 2.45) is 0 Å². The normalized spacial score (nSPS) is 24.9. The van der Waals surface area contributed by atoms with Crippen molar-refractivity contribution in [3.63, 3.8) is 0 Å². The standard InChI is InChI=1S/C14H19NO2S/c16-10-4-7-15(8-5-10)14(17)12-2-1-3-13-11(12)6-9-18-13/h6,9-10,12,16H,1-5,7-8H2. The lowest BCUT2D eigenvalue weighted by atomic mass is 9.86. The lowest BCUT2D eigenvalue weighted by Crippen LogP contribution is -2.42. The van der Waals surface area contributed by atoms with Gasteiger partial charge in [0.05, 0.1) is 12.0 Å². The molecule has 1 aliphatic heterocycles. The first-order chi connectivity index (χ1) is 8.75. The van der Waals surface area contributed by atoms with E-state index in [-0.39, 0.29) is 17.9 Å². The number of rotatable bonds is 1. The quantitative estimate of drug-likeness (QED) is 0.845. The van der Waals surface area contributed by atoms with Gasteiger partial charge in [0.2, 0.25) is 5.91 Å². The summed E-state index contributed by atoms with van der Waals surface area (Å²) in [6.45, 7) is 1.44. The molecule has 2 heterocycles. The van der Waals surface area contributed by atoms with Gasteiger partial charge in [-0.15, -0.1) is 11.3 Å². The summed E-state index contributed by atoms with van der Waals surface area (Å²) in [4.78, 5) is 15.9. The Bertz CT molecular complexity index is 435. The molecule has 0 bridgehead atoms. The Morgan fingerprint density at radius 3 is 2.89 bits per heavy atom. The highest BCUT2D eigenvalue weighted by Gasteiger charge is 2.32. The first kappa shape index (κ1) is 12.2. The molecule has 1 N–H and O–H groups in total. The monoisotopic (exact) mass is 265 g/mol. The predicted octanol–water partition coefficient (Wildman–Crippen LogP) is 2.15. The van der Waals surface area contributed by atoms with E-state index in [2.05, 4.69) is 11.4 Å². The molecule has 1 saturated heterocycles. The highest BCUT2D eigenvalue weighted by atomic mass is 32.1. The van der Waals surface area contributed by atoms with Crippen LogP contribution < -0.4 is 0 Å². The van der Waals surface area contributed by atoms with Crippen molar-refractivity contribution in [1.29, 1.82) is 0 Å². The van der Waals surface area contributed by atoms with Crippen LogP contribution in [0.2, 0.25) is 0 Å². The maximum Gasteiger partial charge on any atom is 0.230 e. The van der Waals surface area contributed by atoms with E-state index < -0.39 is 0 Å². The number of aliphatic hydroxyl groups excluding tert-OH is 1. The molecule has 1 aromatic rings. The molecule has 1 fully saturated rings.